The van der Waals surface area contributed by atoms with Crippen LogP contribution in [0, 0.1) is 12.3 Å². The van der Waals surface area contributed by atoms with Gasteiger partial charge in [0.05, 0.1) is 6.10 Å². The van der Waals surface area contributed by atoms with Gasteiger partial charge in [0.25, 0.3) is 0 Å². The van der Waals surface area contributed by atoms with E-state index in [9.17, 15) is 5.11 Å². The molecule has 1 aliphatic rings. The first-order valence-corrected chi connectivity index (χ1v) is 5.21. The molecule has 1 atom stereocenters. The smallest absolute Gasteiger partial charge is 0.0571 e. The van der Waals surface area contributed by atoms with Gasteiger partial charge >= 0.3 is 0 Å². The molecule has 1 saturated carbocycles. The molecule has 0 spiro atoms. The van der Waals surface area contributed by atoms with Gasteiger partial charge in [-0.1, -0.05) is 6.07 Å². The maximum atomic E-state index is 9.65. The normalized spacial score (nSPS) is 20.5. The summed E-state index contributed by atoms with van der Waals surface area (Å²) in [6.45, 7) is 3.95. The van der Waals surface area contributed by atoms with E-state index in [4.69, 9.17) is 0 Å². The molecule has 1 fully saturated rings. The predicted octanol–water partition coefficient (Wildman–Crippen LogP) is 2.09. The molecule has 1 unspecified atom stereocenters. The molecule has 1 aromatic heterocycles. The number of aryl methyl sites for hydroxylation is 1. The van der Waals surface area contributed by atoms with E-state index in [1.165, 1.54) is 11.1 Å². The van der Waals surface area contributed by atoms with Crippen LogP contribution in [0.1, 0.15) is 30.9 Å². The van der Waals surface area contributed by atoms with Gasteiger partial charge in [-0.2, -0.15) is 0 Å². The van der Waals surface area contributed by atoms with E-state index in [1.807, 2.05) is 19.3 Å². The molecule has 2 heteroatoms. The summed E-state index contributed by atoms with van der Waals surface area (Å²) >= 11 is 0. The lowest BCUT2D eigenvalue weighted by Gasteiger charge is -2.18. The van der Waals surface area contributed by atoms with Gasteiger partial charge in [0.1, 0.15) is 0 Å². The maximum Gasteiger partial charge on any atom is 0.0571 e. The number of rotatable bonds is 3. The zero-order chi connectivity index (χ0) is 10.2. The van der Waals surface area contributed by atoms with Crippen LogP contribution < -0.4 is 0 Å². The van der Waals surface area contributed by atoms with Crippen LogP contribution in [-0.2, 0) is 6.42 Å². The second-order valence-electron chi connectivity index (χ2n) is 4.59. The highest BCUT2D eigenvalue weighted by Gasteiger charge is 2.46. The highest BCUT2D eigenvalue weighted by Crippen LogP contribution is 2.51. The van der Waals surface area contributed by atoms with E-state index >= 15 is 0 Å². The van der Waals surface area contributed by atoms with Gasteiger partial charge in [-0.25, -0.2) is 0 Å². The molecule has 0 bridgehead atoms. The van der Waals surface area contributed by atoms with Crippen molar-refractivity contribution in [2.75, 3.05) is 0 Å². The van der Waals surface area contributed by atoms with E-state index in [-0.39, 0.29) is 11.5 Å². The van der Waals surface area contributed by atoms with Crippen LogP contribution in [0.25, 0.3) is 0 Å². The molecule has 0 amide bonds. The third-order valence-corrected chi connectivity index (χ3v) is 3.27. The van der Waals surface area contributed by atoms with E-state index in [0.717, 1.165) is 19.3 Å². The summed E-state index contributed by atoms with van der Waals surface area (Å²) in [6, 6.07) is 2.16. The summed E-state index contributed by atoms with van der Waals surface area (Å²) < 4.78 is 0. The third-order valence-electron chi connectivity index (χ3n) is 3.27. The fourth-order valence-corrected chi connectivity index (χ4v) is 2.02. The first-order valence-electron chi connectivity index (χ1n) is 5.21. The Hall–Kier alpha value is -0.890. The summed E-state index contributed by atoms with van der Waals surface area (Å²) in [7, 11) is 0. The number of hydrogen-bond donors (Lipinski definition) is 1. The summed E-state index contributed by atoms with van der Waals surface area (Å²) in [6.07, 6.45) is 6.86. The lowest BCUT2D eigenvalue weighted by atomic mass is 9.92. The molecule has 1 aromatic rings. The maximum absolute atomic E-state index is 9.65. The third kappa shape index (κ3) is 1.80. The Bertz CT molecular complexity index is 329. The Kier molecular flexibility index (Phi) is 2.31. The van der Waals surface area contributed by atoms with Crippen molar-refractivity contribution >= 4 is 0 Å². The number of aliphatic hydroxyl groups excluding tert-OH is 1. The fraction of sp³-hybridized carbons (Fsp3) is 0.583. The minimum atomic E-state index is -0.192. The first-order chi connectivity index (χ1) is 6.62. The zero-order valence-corrected chi connectivity index (χ0v) is 8.83. The van der Waals surface area contributed by atoms with Crippen molar-refractivity contribution in [2.45, 2.75) is 39.2 Å². The number of nitrogens with zero attached hydrogens (tertiary/aromatic N) is 1. The topological polar surface area (TPSA) is 33.1 Å². The Morgan fingerprint density at radius 2 is 2.21 bits per heavy atom. The van der Waals surface area contributed by atoms with Crippen molar-refractivity contribution in [3.05, 3.63) is 29.6 Å². The summed E-state index contributed by atoms with van der Waals surface area (Å²) in [4.78, 5) is 4.17. The Morgan fingerprint density at radius 3 is 2.71 bits per heavy atom. The van der Waals surface area contributed by atoms with Gasteiger partial charge in [-0.05, 0) is 44.2 Å². The van der Waals surface area contributed by atoms with Gasteiger partial charge in [-0.3, -0.25) is 4.98 Å². The quantitative estimate of drug-likeness (QED) is 0.793. The van der Waals surface area contributed by atoms with Crippen LogP contribution in [0.2, 0.25) is 0 Å². The first kappa shape index (κ1) is 9.66. The molecular weight excluding hydrogens is 174 g/mol. The average molecular weight is 191 g/mol. The molecule has 0 aliphatic heterocycles. The van der Waals surface area contributed by atoms with E-state index < -0.39 is 0 Å². The van der Waals surface area contributed by atoms with Crippen LogP contribution in [0.3, 0.4) is 0 Å². The van der Waals surface area contributed by atoms with Crippen molar-refractivity contribution in [3.63, 3.8) is 0 Å². The highest BCUT2D eigenvalue weighted by atomic mass is 16.3. The largest absolute Gasteiger partial charge is 0.393 e. The van der Waals surface area contributed by atoms with Crippen molar-refractivity contribution in [1.29, 1.82) is 0 Å². The molecule has 0 radical (unpaired) electrons. The Balaban J connectivity index is 2.11. The summed E-state index contributed by atoms with van der Waals surface area (Å²) in [5.41, 5.74) is 2.61. The number of pyridine rings is 1. The number of aromatic nitrogens is 1. The van der Waals surface area contributed by atoms with Crippen LogP contribution in [0.4, 0.5) is 0 Å². The van der Waals surface area contributed by atoms with Crippen molar-refractivity contribution < 1.29 is 5.11 Å². The molecule has 14 heavy (non-hydrogen) atoms. The van der Waals surface area contributed by atoms with Crippen LogP contribution >= 0.6 is 0 Å². The molecule has 76 valence electrons. The van der Waals surface area contributed by atoms with E-state index in [2.05, 4.69) is 18.0 Å². The second kappa shape index (κ2) is 3.35. The van der Waals surface area contributed by atoms with Gasteiger partial charge < -0.3 is 5.11 Å². The zero-order valence-electron chi connectivity index (χ0n) is 8.83. The van der Waals surface area contributed by atoms with Crippen molar-refractivity contribution in [2.24, 2.45) is 5.41 Å². The monoisotopic (exact) mass is 191 g/mol. The van der Waals surface area contributed by atoms with Gasteiger partial charge in [0.15, 0.2) is 0 Å². The molecule has 1 heterocycles. The molecule has 1 aliphatic carbocycles. The summed E-state index contributed by atoms with van der Waals surface area (Å²) in [5.74, 6) is 0. The fourth-order valence-electron chi connectivity index (χ4n) is 2.02. The minimum absolute atomic E-state index is 0.162. The van der Waals surface area contributed by atoms with E-state index in [0.29, 0.717) is 0 Å². The van der Waals surface area contributed by atoms with Gasteiger partial charge in [0, 0.05) is 17.8 Å². The standard InChI is InChI=1S/C12H17NO/c1-9-5-11(8-13-7-9)6-12(3-4-12)10(2)14/h5,7-8,10,14H,3-4,6H2,1-2H3. The SMILES string of the molecule is Cc1cncc(CC2(C(C)O)CC2)c1. The molecule has 2 nitrogen and oxygen atoms in total. The lowest BCUT2D eigenvalue weighted by Crippen LogP contribution is -2.20. The molecule has 2 rings (SSSR count). The molecule has 0 aromatic carbocycles. The number of hydrogen-bond acceptors (Lipinski definition) is 2. The number of aliphatic hydroxyl groups is 1. The lowest BCUT2D eigenvalue weighted by molar-refractivity contribution is 0.110. The Labute approximate surface area is 85.0 Å². The average Bonchev–Trinajstić information content (AvgIpc) is 2.85. The molecule has 1 N–H and O–H groups in total. The second-order valence-corrected chi connectivity index (χ2v) is 4.59. The van der Waals surface area contributed by atoms with E-state index in [1.54, 1.807) is 0 Å². The van der Waals surface area contributed by atoms with Crippen LogP contribution in [-0.4, -0.2) is 16.2 Å². The van der Waals surface area contributed by atoms with Crippen molar-refractivity contribution in [3.8, 4) is 0 Å². The summed E-state index contributed by atoms with van der Waals surface area (Å²) in [5, 5.41) is 9.65. The minimum Gasteiger partial charge on any atom is -0.393 e. The van der Waals surface area contributed by atoms with Crippen LogP contribution in [0.5, 0.6) is 0 Å². The van der Waals surface area contributed by atoms with Crippen molar-refractivity contribution in [1.82, 2.24) is 4.98 Å². The molecular formula is C12H17NO. The van der Waals surface area contributed by atoms with Gasteiger partial charge in [-0.15, -0.1) is 0 Å². The van der Waals surface area contributed by atoms with Crippen LogP contribution in [0.15, 0.2) is 18.5 Å². The molecule has 0 saturated heterocycles. The Morgan fingerprint density at radius 1 is 1.50 bits per heavy atom. The van der Waals surface area contributed by atoms with Gasteiger partial charge in [0.2, 0.25) is 0 Å². The highest BCUT2D eigenvalue weighted by molar-refractivity contribution is 5.20. The predicted molar refractivity (Wildman–Crippen MR) is 56.0 cm³/mol.